The molecule has 5 atom stereocenters. The third kappa shape index (κ3) is 10.8. The van der Waals surface area contributed by atoms with E-state index in [4.69, 9.17) is 44.5 Å². The molecule has 1 saturated heterocycles. The Hall–Kier alpha value is -2.11. The fourth-order valence-corrected chi connectivity index (χ4v) is 10.0. The second kappa shape index (κ2) is 18.1. The molecular weight excluding hydrogens is 619 g/mol. The Morgan fingerprint density at radius 2 is 1.23 bits per heavy atom. The maximum atomic E-state index is 12.5. The highest BCUT2D eigenvalue weighted by atomic mass is 32.9. The van der Waals surface area contributed by atoms with Gasteiger partial charge < -0.3 is 32.7 Å². The summed E-state index contributed by atoms with van der Waals surface area (Å²) in [6.45, 7) is 7.01. The molecule has 1 heterocycles. The van der Waals surface area contributed by atoms with E-state index < -0.39 is 41.5 Å². The van der Waals surface area contributed by atoms with Gasteiger partial charge >= 0.3 is 5.97 Å². The second-order valence-corrected chi connectivity index (χ2v) is 16.3. The molecule has 0 unspecified atom stereocenters. The smallest absolute Gasteiger partial charge is 0.303 e. The quantitative estimate of drug-likeness (QED) is 0.111. The van der Waals surface area contributed by atoms with Crippen molar-refractivity contribution in [1.29, 1.82) is 0 Å². The summed E-state index contributed by atoms with van der Waals surface area (Å²) in [6.07, 6.45) is -2.81. The minimum atomic E-state index is -2.86. The highest BCUT2D eigenvalue weighted by molar-refractivity contribution is 8.68. The van der Waals surface area contributed by atoms with Gasteiger partial charge in [0.25, 0.3) is 0 Å². The van der Waals surface area contributed by atoms with Gasteiger partial charge in [-0.25, -0.2) is 0 Å². The molecule has 0 amide bonds. The normalized spacial score (nSPS) is 22.0. The van der Waals surface area contributed by atoms with Crippen LogP contribution in [0.5, 0.6) is 0 Å². The number of benzene rings is 3. The molecule has 44 heavy (non-hydrogen) atoms. The van der Waals surface area contributed by atoms with Gasteiger partial charge in [0.2, 0.25) is 5.69 Å². The molecule has 0 aromatic heterocycles. The van der Waals surface area contributed by atoms with Gasteiger partial charge in [-0.05, 0) is 53.7 Å². The van der Waals surface area contributed by atoms with E-state index in [0.717, 1.165) is 16.7 Å². The maximum absolute atomic E-state index is 12.5. The maximum Gasteiger partial charge on any atom is 0.303 e. The summed E-state index contributed by atoms with van der Waals surface area (Å²) in [5.41, 5.74) is -0.624. The number of esters is 1. The van der Waals surface area contributed by atoms with Gasteiger partial charge in [0.05, 0.1) is 39.6 Å². The Bertz CT molecular complexity index is 1290. The lowest BCUT2D eigenvalue weighted by atomic mass is 9.99. The van der Waals surface area contributed by atoms with Crippen molar-refractivity contribution in [2.45, 2.75) is 70.4 Å². The number of rotatable bonds is 17. The molecule has 0 spiro atoms. The van der Waals surface area contributed by atoms with E-state index in [1.54, 1.807) is 0 Å². The van der Waals surface area contributed by atoms with Crippen LogP contribution < -0.4 is 0 Å². The zero-order valence-corrected chi connectivity index (χ0v) is 27.8. The van der Waals surface area contributed by atoms with Crippen molar-refractivity contribution in [3.63, 3.8) is 0 Å². The molecular formula is C33H41O8PS2. The number of carbonyl (C=O) groups is 1. The van der Waals surface area contributed by atoms with Gasteiger partial charge in [-0.1, -0.05) is 91.0 Å². The van der Waals surface area contributed by atoms with E-state index in [1.165, 1.54) is 18.3 Å². The van der Waals surface area contributed by atoms with Gasteiger partial charge in [-0.3, -0.25) is 4.79 Å². The summed E-state index contributed by atoms with van der Waals surface area (Å²) in [5, 5.41) is 0. The third-order valence-electron chi connectivity index (χ3n) is 6.66. The van der Waals surface area contributed by atoms with Crippen LogP contribution in [0.4, 0.5) is 0 Å². The van der Waals surface area contributed by atoms with Crippen LogP contribution in [0.15, 0.2) is 91.0 Å². The van der Waals surface area contributed by atoms with Gasteiger partial charge in [0, 0.05) is 6.92 Å². The van der Waals surface area contributed by atoms with Gasteiger partial charge in [0.1, 0.15) is 18.3 Å². The summed E-state index contributed by atoms with van der Waals surface area (Å²) < 4.78 is 43.8. The van der Waals surface area contributed by atoms with Crippen molar-refractivity contribution in [1.82, 2.24) is 0 Å². The van der Waals surface area contributed by atoms with E-state index >= 15 is 0 Å². The first-order valence-electron chi connectivity index (χ1n) is 14.7. The first-order valence-corrected chi connectivity index (χ1v) is 18.9. The van der Waals surface area contributed by atoms with Crippen molar-refractivity contribution in [2.24, 2.45) is 0 Å². The summed E-state index contributed by atoms with van der Waals surface area (Å²) in [6, 6.07) is 29.6. The predicted molar refractivity (Wildman–Crippen MR) is 175 cm³/mol. The molecule has 0 bridgehead atoms. The average molecular weight is 661 g/mol. The molecule has 0 radical (unpaired) electrons. The molecule has 11 heteroatoms. The van der Waals surface area contributed by atoms with Crippen LogP contribution in [-0.2, 0) is 69.2 Å². The fourth-order valence-electron chi connectivity index (χ4n) is 4.75. The largest absolute Gasteiger partial charge is 0.456 e. The van der Waals surface area contributed by atoms with Gasteiger partial charge in [-0.2, -0.15) is 0 Å². The first-order chi connectivity index (χ1) is 21.4. The number of carbonyl (C=O) groups excluding carboxylic acids is 1. The van der Waals surface area contributed by atoms with Crippen LogP contribution in [0.1, 0.15) is 37.5 Å². The Balaban J connectivity index is 1.67. The first kappa shape index (κ1) is 34.8. The monoisotopic (exact) mass is 660 g/mol. The highest BCUT2D eigenvalue weighted by Gasteiger charge is 2.51. The zero-order valence-electron chi connectivity index (χ0n) is 25.3. The van der Waals surface area contributed by atoms with Gasteiger partial charge in [0.15, 0.2) is 11.5 Å². The molecule has 238 valence electrons. The van der Waals surface area contributed by atoms with Crippen LogP contribution >= 0.6 is 17.1 Å². The molecule has 0 N–H and O–H groups in total. The minimum absolute atomic E-state index is 0.204. The predicted octanol–water partition coefficient (Wildman–Crippen LogP) is 7.06. The lowest BCUT2D eigenvalue weighted by Gasteiger charge is -2.46. The lowest BCUT2D eigenvalue weighted by Crippen LogP contribution is -2.60. The molecule has 8 nitrogen and oxygen atoms in total. The van der Waals surface area contributed by atoms with Crippen LogP contribution in [0.25, 0.3) is 0 Å². The number of hydrogen-bond acceptors (Lipinski definition) is 10. The van der Waals surface area contributed by atoms with E-state index in [0.29, 0.717) is 26.4 Å². The van der Waals surface area contributed by atoms with Crippen LogP contribution in [-0.4, -0.2) is 55.6 Å². The standard InChI is InChI=1S/C33H41O8PS2/c1-4-38-42(43,39-5-2)44-33-32(40-25(3)34)31(37-23-28-19-13-8-14-20-28)30(36-22-27-17-11-7-12-18-27)29(41-33)24-35-21-26-15-9-6-10-16-26/h6-20,29-33H,4-5,21-24H2,1-3H3/t29-,30-,31+,32-,33+/m1/s1. The van der Waals surface area contributed by atoms with Crippen molar-refractivity contribution in [2.75, 3.05) is 19.8 Å². The lowest BCUT2D eigenvalue weighted by molar-refractivity contribution is -0.249. The molecule has 1 aliphatic rings. The number of ether oxygens (including phenoxy) is 5. The Labute approximate surface area is 269 Å². The molecule has 1 aliphatic heterocycles. The third-order valence-corrected chi connectivity index (χ3v) is 12.1. The fraction of sp³-hybridized carbons (Fsp3) is 0.424. The van der Waals surface area contributed by atoms with Crippen molar-refractivity contribution >= 4 is 34.9 Å². The van der Waals surface area contributed by atoms with E-state index in [9.17, 15) is 4.79 Å². The topological polar surface area (TPSA) is 81.7 Å². The average Bonchev–Trinajstić information content (AvgIpc) is 3.02. The minimum Gasteiger partial charge on any atom is -0.456 e. The molecule has 0 saturated carbocycles. The summed E-state index contributed by atoms with van der Waals surface area (Å²) in [4.78, 5) is 12.5. The highest BCUT2D eigenvalue weighted by Crippen LogP contribution is 2.64. The summed E-state index contributed by atoms with van der Waals surface area (Å²) in [5.74, 6) is -0.473. The van der Waals surface area contributed by atoms with Crippen LogP contribution in [0.2, 0.25) is 0 Å². The van der Waals surface area contributed by atoms with E-state index in [2.05, 4.69) is 0 Å². The van der Waals surface area contributed by atoms with Crippen LogP contribution in [0, 0.1) is 0 Å². The molecule has 3 aromatic carbocycles. The van der Waals surface area contributed by atoms with Crippen molar-refractivity contribution in [3.05, 3.63) is 108 Å². The van der Waals surface area contributed by atoms with Crippen molar-refractivity contribution in [3.8, 4) is 0 Å². The molecule has 3 aromatic rings. The summed E-state index contributed by atoms with van der Waals surface area (Å²) >= 11 is 7.10. The molecule has 4 rings (SSSR count). The Morgan fingerprint density at radius 1 is 0.750 bits per heavy atom. The molecule has 1 fully saturated rings. The van der Waals surface area contributed by atoms with Crippen LogP contribution in [0.3, 0.4) is 0 Å². The number of hydrogen-bond donors (Lipinski definition) is 0. The van der Waals surface area contributed by atoms with Gasteiger partial charge in [-0.15, -0.1) is 0 Å². The summed E-state index contributed by atoms with van der Waals surface area (Å²) in [7, 11) is 0. The SMILES string of the molecule is CCOP(=S)(OCC)S[C@@H]1O[C@H](COCc2ccccc2)[C@@H](OCc2ccccc2)[C@H](OCc2ccccc2)[C@H]1OC(C)=O. The Kier molecular flexibility index (Phi) is 14.3. The van der Waals surface area contributed by atoms with E-state index in [-0.39, 0.29) is 13.2 Å². The second-order valence-electron chi connectivity index (χ2n) is 10.0. The van der Waals surface area contributed by atoms with Crippen molar-refractivity contribution < 1.29 is 37.5 Å². The van der Waals surface area contributed by atoms with E-state index in [1.807, 2.05) is 105 Å². The Morgan fingerprint density at radius 3 is 1.70 bits per heavy atom. The molecule has 0 aliphatic carbocycles. The zero-order chi connectivity index (χ0) is 31.2.